The van der Waals surface area contributed by atoms with Crippen LogP contribution in [0.3, 0.4) is 0 Å². The van der Waals surface area contributed by atoms with Crippen molar-refractivity contribution >= 4 is 35.6 Å². The number of nitrogens with one attached hydrogen (secondary N) is 1. The van der Waals surface area contributed by atoms with Crippen molar-refractivity contribution in [3.8, 4) is 0 Å². The minimum atomic E-state index is -0.428. The predicted octanol–water partition coefficient (Wildman–Crippen LogP) is 2.19. The van der Waals surface area contributed by atoms with Crippen molar-refractivity contribution in [1.82, 2.24) is 5.32 Å². The smallest absolute Gasteiger partial charge is 0.274 e. The van der Waals surface area contributed by atoms with E-state index in [0.717, 1.165) is 5.57 Å². The Labute approximate surface area is 129 Å². The highest BCUT2D eigenvalue weighted by Crippen LogP contribution is 2.18. The molecule has 0 aliphatic heterocycles. The van der Waals surface area contributed by atoms with Crippen molar-refractivity contribution in [2.75, 3.05) is 6.54 Å². The summed E-state index contributed by atoms with van der Waals surface area (Å²) in [5.41, 5.74) is 7.13. The zero-order valence-corrected chi connectivity index (χ0v) is 13.0. The van der Waals surface area contributed by atoms with Gasteiger partial charge in [-0.05, 0) is 6.92 Å². The van der Waals surface area contributed by atoms with E-state index in [1.807, 2.05) is 6.92 Å². The largest absolute Gasteiger partial charge is 0.370 e. The van der Waals surface area contributed by atoms with E-state index in [4.69, 9.17) is 5.73 Å². The van der Waals surface area contributed by atoms with Crippen LogP contribution < -0.4 is 11.1 Å². The molecule has 19 heavy (non-hydrogen) atoms. The summed E-state index contributed by atoms with van der Waals surface area (Å²) in [5.74, 6) is 0.246. The normalized spacial score (nSPS) is 10.5. The fourth-order valence-corrected chi connectivity index (χ4v) is 1.29. The standard InChI is InChI=1S/C12H16N4O2.HI/c1-9(2)7-14-12(13)15-8-10-5-3-4-6-11(10)16(17)18;/h3-6H,1,7-8H2,2H3,(H3,13,14,15);1H. The Kier molecular flexibility index (Phi) is 7.73. The summed E-state index contributed by atoms with van der Waals surface area (Å²) in [4.78, 5) is 14.4. The van der Waals surface area contributed by atoms with Crippen LogP contribution in [0.25, 0.3) is 0 Å². The molecule has 7 heteroatoms. The molecule has 0 aromatic heterocycles. The van der Waals surface area contributed by atoms with Crippen molar-refractivity contribution < 1.29 is 4.92 Å². The molecule has 6 nitrogen and oxygen atoms in total. The van der Waals surface area contributed by atoms with Gasteiger partial charge in [-0.2, -0.15) is 0 Å². The number of halogens is 1. The first-order valence-corrected chi connectivity index (χ1v) is 5.41. The van der Waals surface area contributed by atoms with Crippen LogP contribution in [0.2, 0.25) is 0 Å². The van der Waals surface area contributed by atoms with Crippen LogP contribution in [0.4, 0.5) is 5.69 Å². The second kappa shape index (κ2) is 8.46. The number of nitro benzene ring substituents is 1. The van der Waals surface area contributed by atoms with Crippen molar-refractivity contribution in [2.24, 2.45) is 10.7 Å². The molecule has 0 radical (unpaired) electrons. The van der Waals surface area contributed by atoms with Gasteiger partial charge in [0.25, 0.3) is 5.69 Å². The first kappa shape index (κ1) is 17.4. The van der Waals surface area contributed by atoms with E-state index < -0.39 is 4.92 Å². The van der Waals surface area contributed by atoms with Gasteiger partial charge in [0.2, 0.25) is 0 Å². The molecule has 0 saturated heterocycles. The number of rotatable bonds is 5. The quantitative estimate of drug-likeness (QED) is 0.206. The SMILES string of the molecule is C=C(C)CNC(N)=NCc1ccccc1[N+](=O)[O-].I. The molecule has 1 aromatic carbocycles. The molecular formula is C12H17IN4O2. The van der Waals surface area contributed by atoms with Crippen LogP contribution in [-0.2, 0) is 6.54 Å². The fraction of sp³-hybridized carbons (Fsp3) is 0.250. The molecule has 0 atom stereocenters. The van der Waals surface area contributed by atoms with Gasteiger partial charge in [-0.15, -0.1) is 24.0 Å². The van der Waals surface area contributed by atoms with E-state index in [2.05, 4.69) is 16.9 Å². The van der Waals surface area contributed by atoms with Crippen molar-refractivity contribution in [3.05, 3.63) is 52.1 Å². The number of para-hydroxylation sites is 1. The lowest BCUT2D eigenvalue weighted by molar-refractivity contribution is -0.385. The van der Waals surface area contributed by atoms with Crippen molar-refractivity contribution in [2.45, 2.75) is 13.5 Å². The number of hydrogen-bond donors (Lipinski definition) is 2. The van der Waals surface area contributed by atoms with E-state index in [0.29, 0.717) is 12.1 Å². The molecule has 0 amide bonds. The maximum atomic E-state index is 10.8. The number of nitro groups is 1. The summed E-state index contributed by atoms with van der Waals surface area (Å²) in [5, 5.41) is 13.6. The predicted molar refractivity (Wildman–Crippen MR) is 86.7 cm³/mol. The lowest BCUT2D eigenvalue weighted by atomic mass is 10.2. The van der Waals surface area contributed by atoms with E-state index >= 15 is 0 Å². The number of guanidine groups is 1. The Balaban J connectivity index is 0.00000324. The number of benzene rings is 1. The van der Waals surface area contributed by atoms with Gasteiger partial charge in [0.1, 0.15) is 0 Å². The lowest BCUT2D eigenvalue weighted by Gasteiger charge is -2.05. The number of aliphatic imine (C=N–C) groups is 1. The number of nitrogens with two attached hydrogens (primary N) is 1. The van der Waals surface area contributed by atoms with Crippen LogP contribution in [-0.4, -0.2) is 17.4 Å². The molecule has 1 aromatic rings. The van der Waals surface area contributed by atoms with Gasteiger partial charge in [0, 0.05) is 12.6 Å². The summed E-state index contributed by atoms with van der Waals surface area (Å²) in [6.45, 7) is 6.29. The van der Waals surface area contributed by atoms with Crippen molar-refractivity contribution in [1.29, 1.82) is 0 Å². The average molecular weight is 376 g/mol. The summed E-state index contributed by atoms with van der Waals surface area (Å²) in [6.07, 6.45) is 0. The highest BCUT2D eigenvalue weighted by molar-refractivity contribution is 14.0. The van der Waals surface area contributed by atoms with Crippen LogP contribution >= 0.6 is 24.0 Å². The molecule has 0 saturated carbocycles. The minimum absolute atomic E-state index is 0. The first-order chi connectivity index (χ1) is 8.50. The van der Waals surface area contributed by atoms with Gasteiger partial charge in [-0.1, -0.05) is 30.4 Å². The lowest BCUT2D eigenvalue weighted by Crippen LogP contribution is -2.32. The minimum Gasteiger partial charge on any atom is -0.370 e. The van der Waals surface area contributed by atoms with Gasteiger partial charge in [-0.3, -0.25) is 10.1 Å². The molecule has 0 aliphatic rings. The molecule has 0 unspecified atom stereocenters. The zero-order chi connectivity index (χ0) is 13.5. The summed E-state index contributed by atoms with van der Waals surface area (Å²) >= 11 is 0. The second-order valence-corrected chi connectivity index (χ2v) is 3.90. The van der Waals surface area contributed by atoms with Crippen LogP contribution in [0, 0.1) is 10.1 Å². The fourth-order valence-electron chi connectivity index (χ4n) is 1.29. The first-order valence-electron chi connectivity index (χ1n) is 5.41. The van der Waals surface area contributed by atoms with E-state index in [9.17, 15) is 10.1 Å². The molecule has 3 N–H and O–H groups in total. The number of nitrogens with zero attached hydrogens (tertiary/aromatic N) is 2. The molecule has 0 aliphatic carbocycles. The highest BCUT2D eigenvalue weighted by atomic mass is 127. The van der Waals surface area contributed by atoms with E-state index in [1.54, 1.807) is 18.2 Å². The highest BCUT2D eigenvalue weighted by Gasteiger charge is 2.11. The van der Waals surface area contributed by atoms with Crippen LogP contribution in [0.15, 0.2) is 41.4 Å². The average Bonchev–Trinajstić information content (AvgIpc) is 2.34. The monoisotopic (exact) mass is 376 g/mol. The Morgan fingerprint density at radius 2 is 2.16 bits per heavy atom. The van der Waals surface area contributed by atoms with Gasteiger partial charge in [0.15, 0.2) is 5.96 Å². The molecule has 0 bridgehead atoms. The second-order valence-electron chi connectivity index (χ2n) is 3.90. The maximum absolute atomic E-state index is 10.8. The third-order valence-electron chi connectivity index (χ3n) is 2.18. The maximum Gasteiger partial charge on any atom is 0.274 e. The Bertz CT molecular complexity index is 488. The van der Waals surface area contributed by atoms with E-state index in [-0.39, 0.29) is 42.2 Å². The van der Waals surface area contributed by atoms with Crippen LogP contribution in [0.5, 0.6) is 0 Å². The molecule has 104 valence electrons. The van der Waals surface area contributed by atoms with Crippen molar-refractivity contribution in [3.63, 3.8) is 0 Å². The Morgan fingerprint density at radius 3 is 2.74 bits per heavy atom. The zero-order valence-electron chi connectivity index (χ0n) is 10.6. The third kappa shape index (κ3) is 6.18. The molecule has 0 spiro atoms. The van der Waals surface area contributed by atoms with Gasteiger partial charge in [-0.25, -0.2) is 4.99 Å². The van der Waals surface area contributed by atoms with Gasteiger partial charge in [0.05, 0.1) is 17.0 Å². The van der Waals surface area contributed by atoms with E-state index in [1.165, 1.54) is 6.07 Å². The summed E-state index contributed by atoms with van der Waals surface area (Å²) < 4.78 is 0. The van der Waals surface area contributed by atoms with Gasteiger partial charge >= 0.3 is 0 Å². The molecule has 0 fully saturated rings. The van der Waals surface area contributed by atoms with Crippen LogP contribution in [0.1, 0.15) is 12.5 Å². The third-order valence-corrected chi connectivity index (χ3v) is 2.18. The number of hydrogen-bond acceptors (Lipinski definition) is 3. The van der Waals surface area contributed by atoms with Gasteiger partial charge < -0.3 is 11.1 Å². The topological polar surface area (TPSA) is 93.5 Å². The Morgan fingerprint density at radius 1 is 1.53 bits per heavy atom. The summed E-state index contributed by atoms with van der Waals surface area (Å²) in [6, 6.07) is 6.46. The molecular weight excluding hydrogens is 359 g/mol. The molecule has 0 heterocycles. The summed E-state index contributed by atoms with van der Waals surface area (Å²) in [7, 11) is 0. The Hall–Kier alpha value is -1.64. The molecule has 1 rings (SSSR count).